The van der Waals surface area contributed by atoms with E-state index in [9.17, 15) is 24.0 Å². The zero-order chi connectivity index (χ0) is 28.7. The van der Waals surface area contributed by atoms with Crippen molar-refractivity contribution in [1.29, 1.82) is 0 Å². The van der Waals surface area contributed by atoms with Crippen molar-refractivity contribution < 1.29 is 24.0 Å². The Hall–Kier alpha value is -3.23. The van der Waals surface area contributed by atoms with Crippen LogP contribution in [0.4, 0.5) is 0 Å². The molecule has 9 nitrogen and oxygen atoms in total. The lowest BCUT2D eigenvalue weighted by molar-refractivity contribution is -0.146. The zero-order valence-corrected chi connectivity index (χ0v) is 24.0. The van der Waals surface area contributed by atoms with E-state index in [0.717, 1.165) is 12.0 Å². The molecule has 3 fully saturated rings. The molecule has 0 radical (unpaired) electrons. The Kier molecular flexibility index (Phi) is 7.92. The maximum atomic E-state index is 13.8. The number of nitrogens with one attached hydrogen (secondary N) is 2. The molecule has 2 heterocycles. The van der Waals surface area contributed by atoms with Crippen LogP contribution < -0.4 is 10.6 Å². The van der Waals surface area contributed by atoms with Crippen molar-refractivity contribution >= 4 is 29.4 Å². The van der Waals surface area contributed by atoms with Crippen molar-refractivity contribution in [1.82, 2.24) is 20.4 Å². The van der Waals surface area contributed by atoms with Crippen LogP contribution in [0.15, 0.2) is 24.3 Å². The molecule has 4 rings (SSSR count). The lowest BCUT2D eigenvalue weighted by atomic mass is 9.75. The molecule has 39 heavy (non-hydrogen) atoms. The van der Waals surface area contributed by atoms with Gasteiger partial charge in [-0.2, -0.15) is 0 Å². The second-order valence-corrected chi connectivity index (χ2v) is 12.8. The summed E-state index contributed by atoms with van der Waals surface area (Å²) in [4.78, 5) is 68.6. The molecule has 1 saturated carbocycles. The smallest absolute Gasteiger partial charge is 0.251 e. The molecule has 3 unspecified atom stereocenters. The van der Waals surface area contributed by atoms with E-state index in [2.05, 4.69) is 31.4 Å². The number of amides is 4. The third kappa shape index (κ3) is 5.72. The second-order valence-electron chi connectivity index (χ2n) is 12.8. The van der Waals surface area contributed by atoms with Gasteiger partial charge in [0.15, 0.2) is 5.78 Å². The first kappa shape index (κ1) is 28.8. The van der Waals surface area contributed by atoms with E-state index in [1.807, 2.05) is 26.0 Å². The van der Waals surface area contributed by atoms with Gasteiger partial charge in [0, 0.05) is 19.0 Å². The molecular formula is C30H42N4O5. The van der Waals surface area contributed by atoms with Gasteiger partial charge >= 0.3 is 0 Å². The molecule has 9 heteroatoms. The van der Waals surface area contributed by atoms with Crippen molar-refractivity contribution in [2.45, 2.75) is 103 Å². The standard InChI is InChI=1S/C30H42N4O5/c1-18(2)16-22(31-26(37)20-8-10-21(11-9-20)29(4,5)6)27(38)33-15-12-23-25(33)24(36)17-34(23)28(39)30(13-7-14-30)32-19(3)35/h8-11,18,22-23,25H,7,12-17H2,1-6H3,(H,31,37)(H,32,35). The van der Waals surface area contributed by atoms with E-state index in [4.69, 9.17) is 0 Å². The summed E-state index contributed by atoms with van der Waals surface area (Å²) >= 11 is 0. The minimum absolute atomic E-state index is 0.0407. The Bertz CT molecular complexity index is 1150. The Morgan fingerprint density at radius 1 is 1.05 bits per heavy atom. The summed E-state index contributed by atoms with van der Waals surface area (Å²) < 4.78 is 0. The van der Waals surface area contributed by atoms with Crippen LogP contribution >= 0.6 is 0 Å². The Balaban J connectivity index is 1.49. The number of rotatable bonds is 7. The molecule has 1 aromatic carbocycles. The first-order chi connectivity index (χ1) is 18.2. The topological polar surface area (TPSA) is 116 Å². The highest BCUT2D eigenvalue weighted by Gasteiger charge is 2.56. The summed E-state index contributed by atoms with van der Waals surface area (Å²) in [5, 5.41) is 5.74. The molecular weight excluding hydrogens is 496 g/mol. The summed E-state index contributed by atoms with van der Waals surface area (Å²) in [6, 6.07) is 5.47. The summed E-state index contributed by atoms with van der Waals surface area (Å²) in [6.07, 6.45) is 2.86. The fourth-order valence-corrected chi connectivity index (χ4v) is 6.13. The number of nitrogens with zero attached hydrogens (tertiary/aromatic N) is 2. The van der Waals surface area contributed by atoms with Crippen molar-refractivity contribution in [2.75, 3.05) is 13.1 Å². The number of hydrogen-bond acceptors (Lipinski definition) is 5. The van der Waals surface area contributed by atoms with Crippen LogP contribution in [0.1, 0.15) is 89.6 Å². The molecule has 1 aliphatic carbocycles. The normalized spacial score (nSPS) is 22.8. The number of Topliss-reactive ketones (excluding diaryl/α,β-unsaturated/α-hetero) is 1. The lowest BCUT2D eigenvalue weighted by Gasteiger charge is -2.43. The first-order valence-electron chi connectivity index (χ1n) is 14.1. The Morgan fingerprint density at radius 3 is 2.21 bits per heavy atom. The van der Waals surface area contributed by atoms with Crippen LogP contribution in [-0.4, -0.2) is 76.0 Å². The van der Waals surface area contributed by atoms with E-state index >= 15 is 0 Å². The zero-order valence-electron chi connectivity index (χ0n) is 24.0. The van der Waals surface area contributed by atoms with Gasteiger partial charge in [-0.1, -0.05) is 46.8 Å². The summed E-state index contributed by atoms with van der Waals surface area (Å²) in [7, 11) is 0. The molecule has 2 aliphatic heterocycles. The molecule has 0 spiro atoms. The Labute approximate surface area is 231 Å². The number of fused-ring (bicyclic) bond motifs is 1. The van der Waals surface area contributed by atoms with Gasteiger partial charge < -0.3 is 20.4 Å². The minimum Gasteiger partial charge on any atom is -0.342 e. The van der Waals surface area contributed by atoms with Gasteiger partial charge in [0.05, 0.1) is 12.6 Å². The van der Waals surface area contributed by atoms with Gasteiger partial charge in [0.25, 0.3) is 5.91 Å². The van der Waals surface area contributed by atoms with E-state index in [-0.39, 0.29) is 47.3 Å². The molecule has 1 aromatic rings. The lowest BCUT2D eigenvalue weighted by Crippen LogP contribution is -2.64. The molecule has 3 atom stereocenters. The molecule has 0 aromatic heterocycles. The van der Waals surface area contributed by atoms with Crippen LogP contribution in [0.2, 0.25) is 0 Å². The van der Waals surface area contributed by atoms with Gasteiger partial charge in [-0.05, 0) is 61.1 Å². The number of carbonyl (C=O) groups excluding carboxylic acids is 5. The highest BCUT2D eigenvalue weighted by Crippen LogP contribution is 2.38. The van der Waals surface area contributed by atoms with Crippen molar-refractivity contribution in [2.24, 2.45) is 5.92 Å². The fourth-order valence-electron chi connectivity index (χ4n) is 6.13. The van der Waals surface area contributed by atoms with Gasteiger partial charge in [0.1, 0.15) is 17.6 Å². The van der Waals surface area contributed by atoms with Crippen LogP contribution in [0.5, 0.6) is 0 Å². The van der Waals surface area contributed by atoms with Crippen LogP contribution in [-0.2, 0) is 24.6 Å². The van der Waals surface area contributed by atoms with Crippen molar-refractivity contribution in [3.05, 3.63) is 35.4 Å². The number of ketones is 1. The molecule has 2 saturated heterocycles. The SMILES string of the molecule is CC(=O)NC1(C(=O)N2CC(=O)C3C2CCN3C(=O)C(CC(C)C)NC(=O)c2ccc(C(C)(C)C)cc2)CCC1. The maximum absolute atomic E-state index is 13.8. The predicted molar refractivity (Wildman–Crippen MR) is 147 cm³/mol. The van der Waals surface area contributed by atoms with Crippen LogP contribution in [0.25, 0.3) is 0 Å². The van der Waals surface area contributed by atoms with Crippen molar-refractivity contribution in [3.63, 3.8) is 0 Å². The monoisotopic (exact) mass is 538 g/mol. The van der Waals surface area contributed by atoms with E-state index in [1.165, 1.54) is 6.92 Å². The molecule has 2 N–H and O–H groups in total. The fraction of sp³-hybridized carbons (Fsp3) is 0.633. The third-order valence-electron chi connectivity index (χ3n) is 8.32. The number of likely N-dealkylation sites (tertiary alicyclic amines) is 2. The van der Waals surface area contributed by atoms with E-state index in [0.29, 0.717) is 37.8 Å². The van der Waals surface area contributed by atoms with Crippen molar-refractivity contribution in [3.8, 4) is 0 Å². The number of carbonyl (C=O) groups is 5. The van der Waals surface area contributed by atoms with E-state index in [1.54, 1.807) is 21.9 Å². The summed E-state index contributed by atoms with van der Waals surface area (Å²) in [6.45, 7) is 11.9. The van der Waals surface area contributed by atoms with Crippen LogP contribution in [0.3, 0.4) is 0 Å². The van der Waals surface area contributed by atoms with Gasteiger partial charge in [0.2, 0.25) is 17.7 Å². The summed E-state index contributed by atoms with van der Waals surface area (Å²) in [5.74, 6) is -1.17. The highest BCUT2D eigenvalue weighted by atomic mass is 16.2. The van der Waals surface area contributed by atoms with Crippen LogP contribution in [0, 0.1) is 5.92 Å². The average Bonchev–Trinajstić information content (AvgIpc) is 3.40. The average molecular weight is 539 g/mol. The maximum Gasteiger partial charge on any atom is 0.251 e. The minimum atomic E-state index is -0.949. The largest absolute Gasteiger partial charge is 0.342 e. The number of hydrogen-bond donors (Lipinski definition) is 2. The van der Waals surface area contributed by atoms with Gasteiger partial charge in [-0.3, -0.25) is 24.0 Å². The van der Waals surface area contributed by atoms with Gasteiger partial charge in [-0.25, -0.2) is 0 Å². The third-order valence-corrected chi connectivity index (χ3v) is 8.32. The van der Waals surface area contributed by atoms with Gasteiger partial charge in [-0.15, -0.1) is 0 Å². The Morgan fingerprint density at radius 2 is 1.69 bits per heavy atom. The second kappa shape index (κ2) is 10.7. The molecule has 4 amide bonds. The first-order valence-corrected chi connectivity index (χ1v) is 14.1. The molecule has 212 valence electrons. The highest BCUT2D eigenvalue weighted by molar-refractivity contribution is 6.02. The van der Waals surface area contributed by atoms with E-state index < -0.39 is 23.7 Å². The number of benzene rings is 1. The molecule has 3 aliphatic rings. The molecule has 0 bridgehead atoms. The predicted octanol–water partition coefficient (Wildman–Crippen LogP) is 2.57. The summed E-state index contributed by atoms with van der Waals surface area (Å²) in [5.41, 5.74) is 0.593. The quantitative estimate of drug-likeness (QED) is 0.554.